The summed E-state index contributed by atoms with van der Waals surface area (Å²) in [7, 11) is 0. The predicted molar refractivity (Wildman–Crippen MR) is 204 cm³/mol. The summed E-state index contributed by atoms with van der Waals surface area (Å²) in [6, 6.07) is 21.0. The van der Waals surface area contributed by atoms with Crippen LogP contribution < -0.4 is 9.80 Å². The van der Waals surface area contributed by atoms with Crippen LogP contribution in [0.1, 0.15) is 165 Å². The van der Waals surface area contributed by atoms with E-state index < -0.39 is 0 Å². The Morgan fingerprint density at radius 2 is 0.979 bits per heavy atom. The molecule has 2 aliphatic carbocycles. The average Bonchev–Trinajstić information content (AvgIpc) is 3.52. The van der Waals surface area contributed by atoms with Gasteiger partial charge < -0.3 is 9.80 Å². The number of rotatable bonds is 6. The second-order valence-electron chi connectivity index (χ2n) is 17.7. The van der Waals surface area contributed by atoms with Gasteiger partial charge in [0.2, 0.25) is 6.67 Å². The van der Waals surface area contributed by atoms with Crippen molar-refractivity contribution in [3.8, 4) is 0 Å². The van der Waals surface area contributed by atoms with Crippen LogP contribution in [0.25, 0.3) is 11.3 Å². The molecule has 0 saturated carbocycles. The normalized spacial score (nSPS) is 19.5. The van der Waals surface area contributed by atoms with Gasteiger partial charge in [-0.2, -0.15) is 0 Å². The van der Waals surface area contributed by atoms with E-state index in [4.69, 9.17) is 0 Å². The highest BCUT2D eigenvalue weighted by molar-refractivity contribution is 6.11. The molecule has 0 unspecified atom stereocenters. The fourth-order valence-corrected chi connectivity index (χ4v) is 8.60. The molecular weight excluding hydrogens is 569 g/mol. The smallest absolute Gasteiger partial charge is 0.218 e. The van der Waals surface area contributed by atoms with Crippen molar-refractivity contribution in [3.05, 3.63) is 112 Å². The Balaban J connectivity index is 1.74. The monoisotopic (exact) mass is 626 g/mol. The van der Waals surface area contributed by atoms with E-state index in [-0.39, 0.29) is 10.8 Å². The van der Waals surface area contributed by atoms with E-state index in [1.54, 1.807) is 0 Å². The lowest BCUT2D eigenvalue weighted by molar-refractivity contribution is 0.163. The standard InChI is InChI=1S/C45H58N2/c1-26(2)30-18-15-19-31(27(3)4)40(30)46-25-47(41-32(28(5)6)20-16-21-33(41)29(7)8)43-36-24-37(44(9,10)11)39(45(12,13)14)34-22-17-23-35(38(34)36)42(43)46/h15-24,26-29,37,39H,1-14H3/t37-,39-/m1/s1. The van der Waals surface area contributed by atoms with Crippen LogP contribution in [0.15, 0.2) is 66.4 Å². The molecule has 0 fully saturated rings. The molecule has 47 heavy (non-hydrogen) atoms. The third-order valence-corrected chi connectivity index (χ3v) is 10.9. The molecule has 1 aliphatic heterocycles. The van der Waals surface area contributed by atoms with Crippen molar-refractivity contribution >= 4 is 22.6 Å². The summed E-state index contributed by atoms with van der Waals surface area (Å²) in [5.41, 5.74) is 16.6. The third-order valence-electron chi connectivity index (χ3n) is 10.9. The van der Waals surface area contributed by atoms with Crippen LogP contribution in [-0.2, 0) is 0 Å². The van der Waals surface area contributed by atoms with E-state index in [0.29, 0.717) is 35.5 Å². The number of nitrogens with zero attached hydrogens (tertiary/aromatic N) is 2. The van der Waals surface area contributed by atoms with Crippen molar-refractivity contribution in [3.63, 3.8) is 0 Å². The number of anilines is 2. The maximum absolute atomic E-state index is 4.10. The Morgan fingerprint density at radius 1 is 0.553 bits per heavy atom. The molecule has 0 saturated heterocycles. The van der Waals surface area contributed by atoms with Crippen LogP contribution in [0.3, 0.4) is 0 Å². The molecular formula is C45H58N2. The Morgan fingerprint density at radius 3 is 1.38 bits per heavy atom. The van der Waals surface area contributed by atoms with Crippen LogP contribution in [0.5, 0.6) is 0 Å². The van der Waals surface area contributed by atoms with Gasteiger partial charge in [-0.3, -0.25) is 0 Å². The van der Waals surface area contributed by atoms with Gasteiger partial charge in [0.15, 0.2) is 0 Å². The van der Waals surface area contributed by atoms with E-state index in [1.807, 2.05) is 0 Å². The van der Waals surface area contributed by atoms with E-state index >= 15 is 0 Å². The molecule has 0 aromatic heterocycles. The van der Waals surface area contributed by atoms with Gasteiger partial charge in [-0.25, -0.2) is 0 Å². The van der Waals surface area contributed by atoms with Gasteiger partial charge in [-0.05, 0) is 79.7 Å². The molecule has 6 rings (SSSR count). The maximum atomic E-state index is 4.10. The lowest BCUT2D eigenvalue weighted by Gasteiger charge is -2.46. The Kier molecular flexibility index (Phi) is 8.38. The minimum atomic E-state index is 0.104. The SMILES string of the molecule is CC(C)c1cccc(C(C)C)c1N1[C]N(c2c(C(C)C)cccc2C(C)C)C2=C1C1=C[C@@H](C(C)(C)C)[C@H](C(C)(C)C)c3cccc2c31. The highest BCUT2D eigenvalue weighted by Crippen LogP contribution is 2.62. The molecule has 2 atom stereocenters. The topological polar surface area (TPSA) is 6.48 Å². The van der Waals surface area contributed by atoms with Crippen LogP contribution in [-0.4, -0.2) is 0 Å². The first-order valence-corrected chi connectivity index (χ1v) is 18.2. The summed E-state index contributed by atoms with van der Waals surface area (Å²) in [4.78, 5) is 4.97. The summed E-state index contributed by atoms with van der Waals surface area (Å²) in [5.74, 6) is 2.33. The zero-order valence-corrected chi connectivity index (χ0v) is 31.6. The van der Waals surface area contributed by atoms with Crippen molar-refractivity contribution in [1.82, 2.24) is 0 Å². The van der Waals surface area contributed by atoms with E-state index in [2.05, 4.69) is 174 Å². The van der Waals surface area contributed by atoms with Gasteiger partial charge >= 0.3 is 0 Å². The van der Waals surface area contributed by atoms with Crippen LogP contribution in [0.2, 0.25) is 0 Å². The van der Waals surface area contributed by atoms with E-state index in [9.17, 15) is 0 Å². The second-order valence-corrected chi connectivity index (χ2v) is 17.7. The lowest BCUT2D eigenvalue weighted by Crippen LogP contribution is -2.36. The maximum Gasteiger partial charge on any atom is 0.218 e. The average molecular weight is 627 g/mol. The minimum absolute atomic E-state index is 0.104. The molecule has 0 amide bonds. The van der Waals surface area contributed by atoms with Gasteiger partial charge in [-0.1, -0.05) is 158 Å². The summed E-state index contributed by atoms with van der Waals surface area (Å²) < 4.78 is 0. The van der Waals surface area contributed by atoms with Gasteiger partial charge in [0, 0.05) is 11.1 Å². The lowest BCUT2D eigenvalue weighted by atomic mass is 9.58. The van der Waals surface area contributed by atoms with Gasteiger partial charge in [-0.15, -0.1) is 0 Å². The van der Waals surface area contributed by atoms with Crippen LogP contribution in [0, 0.1) is 23.4 Å². The third kappa shape index (κ3) is 5.39. The van der Waals surface area contributed by atoms with E-state index in [1.165, 1.54) is 67.3 Å². The minimum Gasteiger partial charge on any atom is -0.307 e. The number of benzene rings is 3. The summed E-state index contributed by atoms with van der Waals surface area (Å²) in [6.07, 6.45) is 2.67. The van der Waals surface area contributed by atoms with Crippen molar-refractivity contribution in [2.24, 2.45) is 16.7 Å². The highest BCUT2D eigenvalue weighted by Gasteiger charge is 2.50. The molecule has 3 aromatic rings. The zero-order valence-electron chi connectivity index (χ0n) is 31.6. The molecule has 2 nitrogen and oxygen atoms in total. The van der Waals surface area contributed by atoms with Crippen molar-refractivity contribution in [2.45, 2.75) is 127 Å². The predicted octanol–water partition coefficient (Wildman–Crippen LogP) is 13.1. The van der Waals surface area contributed by atoms with Crippen molar-refractivity contribution in [2.75, 3.05) is 9.80 Å². The highest BCUT2D eigenvalue weighted by atomic mass is 15.4. The van der Waals surface area contributed by atoms with Gasteiger partial charge in [0.25, 0.3) is 0 Å². The number of hydrogen-bond acceptors (Lipinski definition) is 2. The first kappa shape index (κ1) is 33.6. The zero-order chi connectivity index (χ0) is 34.3. The van der Waals surface area contributed by atoms with Gasteiger partial charge in [0.1, 0.15) is 0 Å². The Hall–Kier alpha value is -3.26. The summed E-state index contributed by atoms with van der Waals surface area (Å²) in [5, 5.41) is 0. The fourth-order valence-electron chi connectivity index (χ4n) is 8.60. The largest absolute Gasteiger partial charge is 0.307 e. The summed E-state index contributed by atoms with van der Waals surface area (Å²) in [6.45, 7) is 37.4. The van der Waals surface area contributed by atoms with Gasteiger partial charge in [0.05, 0.1) is 22.8 Å². The molecule has 0 spiro atoms. The number of fused-ring (bicyclic) bond motifs is 2. The van der Waals surface area contributed by atoms with E-state index in [0.717, 1.165) is 0 Å². The second kappa shape index (κ2) is 11.7. The van der Waals surface area contributed by atoms with Crippen LogP contribution >= 0.6 is 0 Å². The quantitative estimate of drug-likeness (QED) is 0.269. The van der Waals surface area contributed by atoms with Crippen molar-refractivity contribution < 1.29 is 0 Å². The molecule has 2 heteroatoms. The fraction of sp³-hybridized carbons (Fsp3) is 0.489. The number of allylic oxidation sites excluding steroid dienone is 2. The number of para-hydroxylation sites is 2. The first-order chi connectivity index (χ1) is 21.9. The molecule has 2 radical (unpaired) electrons. The molecule has 1 heterocycles. The van der Waals surface area contributed by atoms with Crippen molar-refractivity contribution in [1.29, 1.82) is 0 Å². The molecule has 248 valence electrons. The van der Waals surface area contributed by atoms with Crippen LogP contribution in [0.4, 0.5) is 11.4 Å². The molecule has 0 bridgehead atoms. The Labute approximate surface area is 287 Å². The first-order valence-electron chi connectivity index (χ1n) is 18.2. The Bertz CT molecular complexity index is 1690. The molecule has 3 aromatic carbocycles. The molecule has 3 aliphatic rings. The number of hydrogen-bond donors (Lipinski definition) is 0. The summed E-state index contributed by atoms with van der Waals surface area (Å²) >= 11 is 0. The molecule has 0 N–H and O–H groups in total.